The van der Waals surface area contributed by atoms with Crippen molar-refractivity contribution < 1.29 is 5.11 Å². The summed E-state index contributed by atoms with van der Waals surface area (Å²) in [5.74, 6) is 1.07. The lowest BCUT2D eigenvalue weighted by atomic mass is 9.93. The van der Waals surface area contributed by atoms with Crippen molar-refractivity contribution in [1.29, 1.82) is 0 Å². The minimum absolute atomic E-state index is 0.455. The third kappa shape index (κ3) is 1.39. The molecule has 1 aromatic rings. The van der Waals surface area contributed by atoms with Gasteiger partial charge in [-0.2, -0.15) is 0 Å². The Morgan fingerprint density at radius 2 is 2.25 bits per heavy atom. The predicted octanol–water partition coefficient (Wildman–Crippen LogP) is 1.49. The number of benzene rings is 1. The molecule has 0 bridgehead atoms. The molecule has 2 heterocycles. The van der Waals surface area contributed by atoms with Crippen LogP contribution in [0.3, 0.4) is 0 Å². The van der Waals surface area contributed by atoms with E-state index in [4.69, 9.17) is 5.73 Å². The minimum atomic E-state index is 0.455. The molecule has 0 aromatic heterocycles. The molecule has 0 aliphatic carbocycles. The van der Waals surface area contributed by atoms with Crippen LogP contribution >= 0.6 is 0 Å². The largest absolute Gasteiger partial charge is 0.508 e. The van der Waals surface area contributed by atoms with Gasteiger partial charge in [-0.25, -0.2) is 0 Å². The van der Waals surface area contributed by atoms with Gasteiger partial charge in [0.25, 0.3) is 0 Å². The number of fused-ring (bicyclic) bond motifs is 3. The zero-order valence-corrected chi connectivity index (χ0v) is 9.39. The minimum Gasteiger partial charge on any atom is -0.508 e. The van der Waals surface area contributed by atoms with Gasteiger partial charge < -0.3 is 15.7 Å². The zero-order chi connectivity index (χ0) is 11.1. The van der Waals surface area contributed by atoms with Crippen molar-refractivity contribution in [2.75, 3.05) is 18.0 Å². The molecule has 2 aliphatic rings. The smallest absolute Gasteiger partial charge is 0.120 e. The summed E-state index contributed by atoms with van der Waals surface area (Å²) in [6, 6.07) is 6.43. The van der Waals surface area contributed by atoms with Crippen LogP contribution in [-0.4, -0.2) is 24.2 Å². The first-order chi connectivity index (χ1) is 7.79. The molecule has 1 saturated heterocycles. The van der Waals surface area contributed by atoms with E-state index in [0.29, 0.717) is 17.7 Å². The third-order valence-corrected chi connectivity index (χ3v) is 4.01. The molecular formula is C13H18N2O. The monoisotopic (exact) mass is 218 g/mol. The van der Waals surface area contributed by atoms with E-state index >= 15 is 0 Å². The second kappa shape index (κ2) is 3.67. The van der Waals surface area contributed by atoms with Gasteiger partial charge in [-0.15, -0.1) is 0 Å². The van der Waals surface area contributed by atoms with Crippen molar-refractivity contribution in [2.24, 2.45) is 11.7 Å². The zero-order valence-electron chi connectivity index (χ0n) is 9.39. The Balaban J connectivity index is 1.94. The SMILES string of the molecule is NCC1CCC2Cc3c(O)cccc3N2C1. The Labute approximate surface area is 95.9 Å². The summed E-state index contributed by atoms with van der Waals surface area (Å²) in [4.78, 5) is 2.44. The fourth-order valence-corrected chi connectivity index (χ4v) is 3.08. The molecule has 3 N–H and O–H groups in total. The molecule has 1 aromatic carbocycles. The number of phenolic OH excluding ortho intramolecular Hbond substituents is 1. The molecule has 3 heteroatoms. The Morgan fingerprint density at radius 1 is 1.38 bits per heavy atom. The van der Waals surface area contributed by atoms with Crippen LogP contribution in [0.1, 0.15) is 18.4 Å². The van der Waals surface area contributed by atoms with E-state index in [1.807, 2.05) is 6.07 Å². The Hall–Kier alpha value is -1.22. The molecular weight excluding hydrogens is 200 g/mol. The summed E-state index contributed by atoms with van der Waals surface area (Å²) in [5, 5.41) is 9.85. The average Bonchev–Trinajstić information content (AvgIpc) is 2.68. The quantitative estimate of drug-likeness (QED) is 0.751. The lowest BCUT2D eigenvalue weighted by Gasteiger charge is -2.36. The summed E-state index contributed by atoms with van der Waals surface area (Å²) in [6.45, 7) is 1.83. The number of hydrogen-bond donors (Lipinski definition) is 2. The number of rotatable bonds is 1. The summed E-state index contributed by atoms with van der Waals surface area (Å²) >= 11 is 0. The highest BCUT2D eigenvalue weighted by molar-refractivity contribution is 5.64. The highest BCUT2D eigenvalue weighted by atomic mass is 16.3. The Kier molecular flexibility index (Phi) is 2.28. The normalized spacial score (nSPS) is 27.7. The van der Waals surface area contributed by atoms with E-state index < -0.39 is 0 Å². The molecule has 0 saturated carbocycles. The fraction of sp³-hybridized carbons (Fsp3) is 0.538. The molecule has 0 amide bonds. The first-order valence-electron chi connectivity index (χ1n) is 6.07. The molecule has 2 atom stereocenters. The van der Waals surface area contributed by atoms with Crippen LogP contribution in [0.25, 0.3) is 0 Å². The fourth-order valence-electron chi connectivity index (χ4n) is 3.08. The maximum Gasteiger partial charge on any atom is 0.120 e. The van der Waals surface area contributed by atoms with Gasteiger partial charge in [-0.3, -0.25) is 0 Å². The maximum atomic E-state index is 9.85. The molecule has 16 heavy (non-hydrogen) atoms. The van der Waals surface area contributed by atoms with Crippen LogP contribution in [-0.2, 0) is 6.42 Å². The van der Waals surface area contributed by atoms with Crippen molar-refractivity contribution in [2.45, 2.75) is 25.3 Å². The Bertz CT molecular complexity index is 405. The van der Waals surface area contributed by atoms with Crippen molar-refractivity contribution in [3.63, 3.8) is 0 Å². The van der Waals surface area contributed by atoms with Gasteiger partial charge in [0.2, 0.25) is 0 Å². The van der Waals surface area contributed by atoms with Gasteiger partial charge in [0.15, 0.2) is 0 Å². The number of aromatic hydroxyl groups is 1. The number of piperidine rings is 1. The van der Waals surface area contributed by atoms with E-state index in [9.17, 15) is 5.11 Å². The van der Waals surface area contributed by atoms with Crippen LogP contribution in [0.4, 0.5) is 5.69 Å². The Morgan fingerprint density at radius 3 is 3.06 bits per heavy atom. The van der Waals surface area contributed by atoms with Crippen LogP contribution in [0.15, 0.2) is 18.2 Å². The summed E-state index contributed by atoms with van der Waals surface area (Å²) in [5.41, 5.74) is 8.11. The van der Waals surface area contributed by atoms with Crippen molar-refractivity contribution in [3.8, 4) is 5.75 Å². The number of nitrogens with two attached hydrogens (primary N) is 1. The number of anilines is 1. The standard InChI is InChI=1S/C13H18N2O/c14-7-9-4-5-10-6-11-12(15(10)8-9)2-1-3-13(11)16/h1-3,9-10,16H,4-8,14H2. The van der Waals surface area contributed by atoms with E-state index in [0.717, 1.165) is 25.1 Å². The lowest BCUT2D eigenvalue weighted by molar-refractivity contribution is 0.371. The summed E-state index contributed by atoms with van der Waals surface area (Å²) < 4.78 is 0. The lowest BCUT2D eigenvalue weighted by Crippen LogP contribution is -2.43. The van der Waals surface area contributed by atoms with E-state index in [1.165, 1.54) is 18.5 Å². The van der Waals surface area contributed by atoms with Gasteiger partial charge in [-0.05, 0) is 43.9 Å². The van der Waals surface area contributed by atoms with Crippen molar-refractivity contribution >= 4 is 5.69 Å². The number of phenols is 1. The van der Waals surface area contributed by atoms with Crippen LogP contribution < -0.4 is 10.6 Å². The molecule has 2 unspecified atom stereocenters. The van der Waals surface area contributed by atoms with E-state index in [-0.39, 0.29) is 0 Å². The second-order valence-electron chi connectivity index (χ2n) is 4.96. The first-order valence-corrected chi connectivity index (χ1v) is 6.07. The number of hydrogen-bond acceptors (Lipinski definition) is 3. The van der Waals surface area contributed by atoms with E-state index in [1.54, 1.807) is 6.07 Å². The average molecular weight is 218 g/mol. The molecule has 3 nitrogen and oxygen atoms in total. The van der Waals surface area contributed by atoms with E-state index in [2.05, 4.69) is 11.0 Å². The van der Waals surface area contributed by atoms with Crippen molar-refractivity contribution in [1.82, 2.24) is 0 Å². The number of nitrogens with zero attached hydrogens (tertiary/aromatic N) is 1. The van der Waals surface area contributed by atoms with Crippen molar-refractivity contribution in [3.05, 3.63) is 23.8 Å². The van der Waals surface area contributed by atoms with Crippen LogP contribution in [0.2, 0.25) is 0 Å². The summed E-state index contributed by atoms with van der Waals surface area (Å²) in [7, 11) is 0. The van der Waals surface area contributed by atoms with Gasteiger partial charge in [0.05, 0.1) is 0 Å². The summed E-state index contributed by atoms with van der Waals surface area (Å²) in [6.07, 6.45) is 3.43. The molecule has 3 rings (SSSR count). The highest BCUT2D eigenvalue weighted by Crippen LogP contribution is 2.41. The van der Waals surface area contributed by atoms with Gasteiger partial charge in [0.1, 0.15) is 5.75 Å². The van der Waals surface area contributed by atoms with Gasteiger partial charge in [0, 0.05) is 23.8 Å². The third-order valence-electron chi connectivity index (χ3n) is 4.01. The molecule has 2 aliphatic heterocycles. The molecule has 0 spiro atoms. The highest BCUT2D eigenvalue weighted by Gasteiger charge is 2.35. The van der Waals surface area contributed by atoms with Crippen LogP contribution in [0.5, 0.6) is 5.75 Å². The predicted molar refractivity (Wildman–Crippen MR) is 64.7 cm³/mol. The first kappa shape index (κ1) is 9.97. The molecule has 0 radical (unpaired) electrons. The van der Waals surface area contributed by atoms with Gasteiger partial charge >= 0.3 is 0 Å². The van der Waals surface area contributed by atoms with Gasteiger partial charge in [-0.1, -0.05) is 6.07 Å². The maximum absolute atomic E-state index is 9.85. The molecule has 86 valence electrons. The second-order valence-corrected chi connectivity index (χ2v) is 4.96. The molecule has 1 fully saturated rings. The topological polar surface area (TPSA) is 49.5 Å². The van der Waals surface area contributed by atoms with Crippen LogP contribution in [0, 0.1) is 5.92 Å².